The van der Waals surface area contributed by atoms with Crippen molar-refractivity contribution in [3.63, 3.8) is 0 Å². The molecule has 0 saturated heterocycles. The molecule has 92 valence electrons. The quantitative estimate of drug-likeness (QED) is 0.734. The fourth-order valence-corrected chi connectivity index (χ4v) is 2.87. The molecule has 0 aliphatic rings. The molecule has 1 aromatic rings. The van der Waals surface area contributed by atoms with Gasteiger partial charge in [-0.05, 0) is 48.3 Å². The summed E-state index contributed by atoms with van der Waals surface area (Å²) in [6, 6.07) is 2.61. The van der Waals surface area contributed by atoms with Gasteiger partial charge in [0.1, 0.15) is 0 Å². The number of rotatable bonds is 8. The predicted octanol–water partition coefficient (Wildman–Crippen LogP) is 3.98. The third kappa shape index (κ3) is 5.43. The van der Waals surface area contributed by atoms with Gasteiger partial charge in [0.25, 0.3) is 0 Å². The molecule has 1 unspecified atom stereocenters. The smallest absolute Gasteiger partial charge is 0.0478 e. The molecule has 1 heterocycles. The Bertz CT molecular complexity index is 290. The van der Waals surface area contributed by atoms with Gasteiger partial charge in [0, 0.05) is 34.0 Å². The molecule has 0 fully saturated rings. The minimum absolute atomic E-state index is 0.433. The summed E-state index contributed by atoms with van der Waals surface area (Å²) >= 11 is 5.26. The number of hydrogen-bond acceptors (Lipinski definition) is 3. The van der Waals surface area contributed by atoms with Gasteiger partial charge in [-0.2, -0.15) is 0 Å². The van der Waals surface area contributed by atoms with E-state index in [1.807, 2.05) is 0 Å². The zero-order valence-corrected chi connectivity index (χ0v) is 12.4. The maximum absolute atomic E-state index is 5.43. The molecule has 1 rings (SSSR count). The maximum atomic E-state index is 5.43. The van der Waals surface area contributed by atoms with Crippen LogP contribution in [-0.2, 0) is 4.74 Å². The van der Waals surface area contributed by atoms with Gasteiger partial charge in [0.15, 0.2) is 0 Å². The predicted molar refractivity (Wildman–Crippen MR) is 74.2 cm³/mol. The average Bonchev–Trinajstić information content (AvgIpc) is 2.70. The van der Waals surface area contributed by atoms with Crippen LogP contribution in [0.2, 0.25) is 0 Å². The minimum atomic E-state index is 0.433. The SMILES string of the molecule is CCCOCCCNC(C)c1cc(Br)cs1. The molecule has 0 saturated carbocycles. The molecule has 1 aromatic heterocycles. The summed E-state index contributed by atoms with van der Waals surface area (Å²) < 4.78 is 6.60. The van der Waals surface area contributed by atoms with Gasteiger partial charge in [-0.3, -0.25) is 0 Å². The molecule has 16 heavy (non-hydrogen) atoms. The van der Waals surface area contributed by atoms with E-state index in [9.17, 15) is 0 Å². The summed E-state index contributed by atoms with van der Waals surface area (Å²) in [6.07, 6.45) is 2.18. The lowest BCUT2D eigenvalue weighted by atomic mass is 10.2. The summed E-state index contributed by atoms with van der Waals surface area (Å²) in [5, 5.41) is 5.62. The molecule has 4 heteroatoms. The molecule has 0 aliphatic carbocycles. The maximum Gasteiger partial charge on any atom is 0.0478 e. The number of thiophene rings is 1. The zero-order chi connectivity index (χ0) is 11.8. The molecular weight excluding hydrogens is 286 g/mol. The van der Waals surface area contributed by atoms with Gasteiger partial charge in [0.2, 0.25) is 0 Å². The molecule has 0 radical (unpaired) electrons. The van der Waals surface area contributed by atoms with Crippen molar-refractivity contribution in [1.29, 1.82) is 0 Å². The van der Waals surface area contributed by atoms with Crippen molar-refractivity contribution in [3.05, 3.63) is 20.8 Å². The highest BCUT2D eigenvalue weighted by Gasteiger charge is 2.06. The van der Waals surface area contributed by atoms with Crippen molar-refractivity contribution in [2.75, 3.05) is 19.8 Å². The normalized spacial score (nSPS) is 12.9. The Labute approximate surface area is 111 Å². The fourth-order valence-electron chi connectivity index (χ4n) is 1.40. The number of ether oxygens (including phenoxy) is 1. The van der Waals surface area contributed by atoms with Gasteiger partial charge >= 0.3 is 0 Å². The van der Waals surface area contributed by atoms with Crippen LogP contribution in [0.3, 0.4) is 0 Å². The van der Waals surface area contributed by atoms with Crippen LogP contribution < -0.4 is 5.32 Å². The molecule has 0 aliphatic heterocycles. The van der Waals surface area contributed by atoms with E-state index in [4.69, 9.17) is 4.74 Å². The van der Waals surface area contributed by atoms with E-state index >= 15 is 0 Å². The second-order valence-electron chi connectivity index (χ2n) is 3.81. The first-order valence-corrected chi connectivity index (χ1v) is 7.46. The first-order valence-electron chi connectivity index (χ1n) is 5.79. The number of hydrogen-bond donors (Lipinski definition) is 1. The van der Waals surface area contributed by atoms with Crippen molar-refractivity contribution in [2.24, 2.45) is 0 Å². The molecule has 0 spiro atoms. The van der Waals surface area contributed by atoms with Crippen LogP contribution in [0.5, 0.6) is 0 Å². The van der Waals surface area contributed by atoms with Crippen LogP contribution in [-0.4, -0.2) is 19.8 Å². The standard InChI is InChI=1S/C12H20BrNOS/c1-3-6-15-7-4-5-14-10(2)12-8-11(13)9-16-12/h8-10,14H,3-7H2,1-2H3. The van der Waals surface area contributed by atoms with Gasteiger partial charge in [-0.1, -0.05) is 6.92 Å². The number of halogens is 1. The molecular formula is C12H20BrNOS. The summed E-state index contributed by atoms with van der Waals surface area (Å²) in [4.78, 5) is 1.38. The Hall–Kier alpha value is 0.1000. The van der Waals surface area contributed by atoms with Crippen molar-refractivity contribution in [1.82, 2.24) is 5.32 Å². The Balaban J connectivity index is 2.09. The van der Waals surface area contributed by atoms with Crippen molar-refractivity contribution in [2.45, 2.75) is 32.7 Å². The Morgan fingerprint density at radius 2 is 2.31 bits per heavy atom. The van der Waals surface area contributed by atoms with Gasteiger partial charge in [-0.15, -0.1) is 11.3 Å². The van der Waals surface area contributed by atoms with Crippen LogP contribution in [0.4, 0.5) is 0 Å². The Morgan fingerprint density at radius 1 is 1.50 bits per heavy atom. The third-order valence-electron chi connectivity index (χ3n) is 2.28. The Morgan fingerprint density at radius 3 is 2.94 bits per heavy atom. The first-order chi connectivity index (χ1) is 7.74. The molecule has 0 bridgehead atoms. The molecule has 0 amide bonds. The molecule has 0 aromatic carbocycles. The van der Waals surface area contributed by atoms with Crippen LogP contribution >= 0.6 is 27.3 Å². The third-order valence-corrected chi connectivity index (χ3v) is 4.16. The first kappa shape index (κ1) is 14.2. The summed E-state index contributed by atoms with van der Waals surface area (Å²) in [7, 11) is 0. The van der Waals surface area contributed by atoms with Crippen molar-refractivity contribution >= 4 is 27.3 Å². The van der Waals surface area contributed by atoms with E-state index in [-0.39, 0.29) is 0 Å². The molecule has 1 N–H and O–H groups in total. The fraction of sp³-hybridized carbons (Fsp3) is 0.667. The van der Waals surface area contributed by atoms with E-state index in [2.05, 4.69) is 46.5 Å². The number of nitrogens with one attached hydrogen (secondary N) is 1. The van der Waals surface area contributed by atoms with Crippen LogP contribution in [0.25, 0.3) is 0 Å². The average molecular weight is 306 g/mol. The van der Waals surface area contributed by atoms with Crippen LogP contribution in [0.1, 0.15) is 37.6 Å². The Kier molecular flexibility index (Phi) is 7.28. The van der Waals surface area contributed by atoms with E-state index in [0.29, 0.717) is 6.04 Å². The van der Waals surface area contributed by atoms with E-state index in [1.165, 1.54) is 9.35 Å². The van der Waals surface area contributed by atoms with Crippen molar-refractivity contribution in [3.8, 4) is 0 Å². The van der Waals surface area contributed by atoms with E-state index < -0.39 is 0 Å². The monoisotopic (exact) mass is 305 g/mol. The summed E-state index contributed by atoms with van der Waals surface area (Å²) in [6.45, 7) is 7.09. The van der Waals surface area contributed by atoms with E-state index in [0.717, 1.165) is 32.6 Å². The van der Waals surface area contributed by atoms with E-state index in [1.54, 1.807) is 11.3 Å². The second-order valence-corrected chi connectivity index (χ2v) is 5.67. The van der Waals surface area contributed by atoms with Gasteiger partial charge in [0.05, 0.1) is 0 Å². The van der Waals surface area contributed by atoms with Crippen molar-refractivity contribution < 1.29 is 4.74 Å². The largest absolute Gasteiger partial charge is 0.381 e. The second kappa shape index (κ2) is 8.23. The zero-order valence-electron chi connectivity index (χ0n) is 9.96. The highest BCUT2D eigenvalue weighted by Crippen LogP contribution is 2.25. The highest BCUT2D eigenvalue weighted by atomic mass is 79.9. The molecule has 1 atom stereocenters. The minimum Gasteiger partial charge on any atom is -0.381 e. The van der Waals surface area contributed by atoms with Crippen LogP contribution in [0, 0.1) is 0 Å². The summed E-state index contributed by atoms with van der Waals surface area (Å²) in [5.41, 5.74) is 0. The lowest BCUT2D eigenvalue weighted by Crippen LogP contribution is -2.20. The lowest BCUT2D eigenvalue weighted by molar-refractivity contribution is 0.132. The van der Waals surface area contributed by atoms with Crippen LogP contribution in [0.15, 0.2) is 15.9 Å². The lowest BCUT2D eigenvalue weighted by Gasteiger charge is -2.11. The van der Waals surface area contributed by atoms with Gasteiger partial charge in [-0.25, -0.2) is 0 Å². The highest BCUT2D eigenvalue weighted by molar-refractivity contribution is 9.10. The molecule has 2 nitrogen and oxygen atoms in total. The topological polar surface area (TPSA) is 21.3 Å². The van der Waals surface area contributed by atoms with Gasteiger partial charge < -0.3 is 10.1 Å². The summed E-state index contributed by atoms with van der Waals surface area (Å²) in [5.74, 6) is 0.